The van der Waals surface area contributed by atoms with Crippen molar-refractivity contribution in [2.45, 2.75) is 37.6 Å². The van der Waals surface area contributed by atoms with Gasteiger partial charge < -0.3 is 10.0 Å². The fourth-order valence-electron chi connectivity index (χ4n) is 3.21. The summed E-state index contributed by atoms with van der Waals surface area (Å²) in [6.45, 7) is 1.95. The minimum absolute atomic E-state index is 0.0938. The van der Waals surface area contributed by atoms with Gasteiger partial charge in [-0.2, -0.15) is 0 Å². The minimum atomic E-state index is -3.22. The number of hydrogen-bond donors (Lipinski definition) is 1. The van der Waals surface area contributed by atoms with Gasteiger partial charge in [-0.25, -0.2) is 8.42 Å². The van der Waals surface area contributed by atoms with E-state index >= 15 is 0 Å². The summed E-state index contributed by atoms with van der Waals surface area (Å²) < 4.78 is 23.1. The summed E-state index contributed by atoms with van der Waals surface area (Å²) in [5.74, 6) is -1.54. The van der Waals surface area contributed by atoms with Gasteiger partial charge >= 0.3 is 5.97 Å². The Bertz CT molecular complexity index is 762. The summed E-state index contributed by atoms with van der Waals surface area (Å²) in [5, 5.41) is 10.2. The van der Waals surface area contributed by atoms with Crippen LogP contribution in [0, 0.1) is 0 Å². The molecular formula is C17H22ClNO5S. The standard InChI is InChI=1S/C17H22ClNO5S/c1-17(16(21)22,12-5-7-13(18)8-6-12)10-15(20)19-9-3-4-14(19)11-25(2,23)24/h5-8,14H,3-4,9-11H2,1-2H3,(H,21,22)/t14-,17?/m1/s1. The van der Waals surface area contributed by atoms with E-state index < -0.39 is 21.2 Å². The molecular weight excluding hydrogens is 366 g/mol. The van der Waals surface area contributed by atoms with Gasteiger partial charge in [0.05, 0.1) is 11.2 Å². The van der Waals surface area contributed by atoms with Gasteiger partial charge in [-0.1, -0.05) is 23.7 Å². The molecule has 0 saturated carbocycles. The molecule has 1 aromatic carbocycles. The van der Waals surface area contributed by atoms with Crippen LogP contribution in [-0.4, -0.2) is 54.9 Å². The van der Waals surface area contributed by atoms with Crippen molar-refractivity contribution in [3.05, 3.63) is 34.9 Å². The van der Waals surface area contributed by atoms with Gasteiger partial charge in [0.25, 0.3) is 0 Å². The summed E-state index contributed by atoms with van der Waals surface area (Å²) in [6.07, 6.45) is 2.24. The number of carboxylic acid groups (broad SMARTS) is 1. The average molecular weight is 388 g/mol. The number of nitrogens with zero attached hydrogens (tertiary/aromatic N) is 1. The molecule has 1 heterocycles. The number of hydrogen-bond acceptors (Lipinski definition) is 4. The lowest BCUT2D eigenvalue weighted by molar-refractivity contribution is -0.147. The van der Waals surface area contributed by atoms with Crippen LogP contribution >= 0.6 is 11.6 Å². The van der Waals surface area contributed by atoms with Crippen LogP contribution in [0.1, 0.15) is 31.7 Å². The van der Waals surface area contributed by atoms with Crippen LogP contribution in [0.15, 0.2) is 24.3 Å². The number of carbonyl (C=O) groups is 2. The highest BCUT2D eigenvalue weighted by Gasteiger charge is 2.41. The molecule has 6 nitrogen and oxygen atoms in total. The van der Waals surface area contributed by atoms with E-state index in [1.54, 1.807) is 24.3 Å². The van der Waals surface area contributed by atoms with Gasteiger partial charge in [-0.15, -0.1) is 0 Å². The molecule has 1 saturated heterocycles. The third kappa shape index (κ3) is 4.73. The van der Waals surface area contributed by atoms with Crippen LogP contribution in [-0.2, 0) is 24.8 Å². The summed E-state index contributed by atoms with van der Waals surface area (Å²) in [7, 11) is -3.22. The van der Waals surface area contributed by atoms with Crippen molar-refractivity contribution in [2.24, 2.45) is 0 Å². The maximum atomic E-state index is 12.7. The van der Waals surface area contributed by atoms with Crippen molar-refractivity contribution in [3.63, 3.8) is 0 Å². The van der Waals surface area contributed by atoms with Crippen molar-refractivity contribution in [3.8, 4) is 0 Å². The van der Waals surface area contributed by atoms with E-state index in [-0.39, 0.29) is 24.1 Å². The Hall–Kier alpha value is -1.60. The normalized spacial score (nSPS) is 20.3. The Balaban J connectivity index is 2.23. The van der Waals surface area contributed by atoms with Crippen LogP contribution in [0.4, 0.5) is 0 Å². The Labute approximate surface area is 152 Å². The molecule has 1 N–H and O–H groups in total. The summed E-state index contributed by atoms with van der Waals surface area (Å²) in [6, 6.07) is 5.99. The number of carboxylic acids is 1. The predicted octanol–water partition coefficient (Wildman–Crippen LogP) is 2.11. The molecule has 0 aliphatic carbocycles. The lowest BCUT2D eigenvalue weighted by Crippen LogP contribution is -2.44. The molecule has 0 bridgehead atoms. The van der Waals surface area contributed by atoms with Crippen molar-refractivity contribution < 1.29 is 23.1 Å². The van der Waals surface area contributed by atoms with Crippen LogP contribution in [0.5, 0.6) is 0 Å². The predicted molar refractivity (Wildman–Crippen MR) is 95.5 cm³/mol. The van der Waals surface area contributed by atoms with Crippen molar-refractivity contribution in [1.29, 1.82) is 0 Å². The molecule has 0 radical (unpaired) electrons. The van der Waals surface area contributed by atoms with Gasteiger partial charge in [0.1, 0.15) is 9.84 Å². The second kappa shape index (κ2) is 7.33. The molecule has 1 aliphatic heterocycles. The maximum Gasteiger partial charge on any atom is 0.314 e. The molecule has 0 spiro atoms. The van der Waals surface area contributed by atoms with E-state index in [2.05, 4.69) is 0 Å². The first kappa shape index (κ1) is 19.7. The smallest absolute Gasteiger partial charge is 0.314 e. The van der Waals surface area contributed by atoms with Crippen LogP contribution in [0.2, 0.25) is 5.02 Å². The molecule has 8 heteroatoms. The first-order valence-electron chi connectivity index (χ1n) is 7.99. The molecule has 138 valence electrons. The van der Waals surface area contributed by atoms with E-state index in [1.807, 2.05) is 0 Å². The number of likely N-dealkylation sites (tertiary alicyclic amines) is 1. The molecule has 1 unspecified atom stereocenters. The van der Waals surface area contributed by atoms with Crippen LogP contribution in [0.25, 0.3) is 0 Å². The van der Waals surface area contributed by atoms with Gasteiger partial charge in [0.2, 0.25) is 5.91 Å². The maximum absolute atomic E-state index is 12.7. The van der Waals surface area contributed by atoms with E-state index in [0.29, 0.717) is 23.6 Å². The minimum Gasteiger partial charge on any atom is -0.481 e. The largest absolute Gasteiger partial charge is 0.481 e. The lowest BCUT2D eigenvalue weighted by Gasteiger charge is -2.30. The number of aliphatic carboxylic acids is 1. The monoisotopic (exact) mass is 387 g/mol. The first-order valence-corrected chi connectivity index (χ1v) is 10.4. The van der Waals surface area contributed by atoms with Crippen LogP contribution in [0.3, 0.4) is 0 Å². The highest BCUT2D eigenvalue weighted by molar-refractivity contribution is 7.90. The van der Waals surface area contributed by atoms with Gasteiger partial charge in [0, 0.05) is 30.3 Å². The SMILES string of the molecule is CC(CC(=O)N1CCC[C@@H]1CS(C)(=O)=O)(C(=O)O)c1ccc(Cl)cc1. The topological polar surface area (TPSA) is 91.8 Å². The Morgan fingerprint density at radius 3 is 2.44 bits per heavy atom. The van der Waals surface area contributed by atoms with E-state index in [0.717, 1.165) is 12.7 Å². The number of halogens is 1. The second-order valence-electron chi connectivity index (χ2n) is 6.80. The number of sulfone groups is 1. The summed E-state index contributed by atoms with van der Waals surface area (Å²) >= 11 is 5.85. The average Bonchev–Trinajstić information content (AvgIpc) is 2.93. The second-order valence-corrected chi connectivity index (χ2v) is 9.42. The summed E-state index contributed by atoms with van der Waals surface area (Å²) in [4.78, 5) is 26.1. The van der Waals surface area contributed by atoms with Crippen molar-refractivity contribution in [2.75, 3.05) is 18.6 Å². The van der Waals surface area contributed by atoms with Gasteiger partial charge in [0.15, 0.2) is 0 Å². The number of rotatable bonds is 6. The van der Waals surface area contributed by atoms with E-state index in [1.165, 1.54) is 11.8 Å². The number of carbonyl (C=O) groups excluding carboxylic acids is 1. The van der Waals surface area contributed by atoms with Gasteiger partial charge in [-0.3, -0.25) is 9.59 Å². The molecule has 2 rings (SSSR count). The molecule has 1 fully saturated rings. The van der Waals surface area contributed by atoms with Gasteiger partial charge in [-0.05, 0) is 37.5 Å². The quantitative estimate of drug-likeness (QED) is 0.807. The molecule has 25 heavy (non-hydrogen) atoms. The zero-order valence-corrected chi connectivity index (χ0v) is 15.8. The van der Waals surface area contributed by atoms with Crippen molar-refractivity contribution in [1.82, 2.24) is 4.90 Å². The molecule has 0 aromatic heterocycles. The van der Waals surface area contributed by atoms with E-state index in [9.17, 15) is 23.1 Å². The Morgan fingerprint density at radius 1 is 1.32 bits per heavy atom. The third-order valence-corrected chi connectivity index (χ3v) is 5.89. The van der Waals surface area contributed by atoms with E-state index in [4.69, 9.17) is 11.6 Å². The highest BCUT2D eigenvalue weighted by Crippen LogP contribution is 2.31. The van der Waals surface area contributed by atoms with Crippen molar-refractivity contribution >= 4 is 33.3 Å². The zero-order chi connectivity index (χ0) is 18.8. The molecule has 1 aliphatic rings. The number of benzene rings is 1. The fourth-order valence-corrected chi connectivity index (χ4v) is 4.38. The summed E-state index contributed by atoms with van der Waals surface area (Å²) in [5.41, 5.74) is -0.920. The Kier molecular flexibility index (Phi) is 5.79. The first-order chi connectivity index (χ1) is 11.5. The Morgan fingerprint density at radius 2 is 1.92 bits per heavy atom. The molecule has 1 aromatic rings. The number of amides is 1. The highest BCUT2D eigenvalue weighted by atomic mass is 35.5. The zero-order valence-electron chi connectivity index (χ0n) is 14.2. The fraction of sp³-hybridized carbons (Fsp3) is 0.529. The third-order valence-electron chi connectivity index (χ3n) is 4.65. The molecule has 1 amide bonds. The van der Waals surface area contributed by atoms with Crippen LogP contribution < -0.4 is 0 Å². The molecule has 2 atom stereocenters. The lowest BCUT2D eigenvalue weighted by atomic mass is 9.79.